The molecule has 2 aromatic rings. The van der Waals surface area contributed by atoms with Gasteiger partial charge in [-0.2, -0.15) is 0 Å². The van der Waals surface area contributed by atoms with E-state index in [9.17, 15) is 14.2 Å². The van der Waals surface area contributed by atoms with E-state index in [1.54, 1.807) is 12.3 Å². The van der Waals surface area contributed by atoms with Crippen LogP contribution in [-0.2, 0) is 11.3 Å². The van der Waals surface area contributed by atoms with E-state index < -0.39 is 18.8 Å². The van der Waals surface area contributed by atoms with Gasteiger partial charge in [0.05, 0.1) is 17.9 Å². The lowest BCUT2D eigenvalue weighted by Gasteiger charge is -2.06. The third-order valence-electron chi connectivity index (χ3n) is 2.98. The predicted octanol–water partition coefficient (Wildman–Crippen LogP) is 1.06. The normalized spacial score (nSPS) is 13.4. The number of hydrogen-bond donors (Lipinski definition) is 2. The van der Waals surface area contributed by atoms with Crippen molar-refractivity contribution in [2.24, 2.45) is 0 Å². The van der Waals surface area contributed by atoms with Gasteiger partial charge in [-0.15, -0.1) is 11.3 Å². The zero-order valence-electron chi connectivity index (χ0n) is 10.5. The first-order chi connectivity index (χ1) is 9.54. The van der Waals surface area contributed by atoms with Gasteiger partial charge in [0.2, 0.25) is 0 Å². The molecule has 0 atom stereocenters. The molecule has 8 heteroatoms. The lowest BCUT2D eigenvalue weighted by Crippen LogP contribution is -2.30. The predicted molar refractivity (Wildman–Crippen MR) is 73.6 cm³/mol. The van der Waals surface area contributed by atoms with Gasteiger partial charge in [-0.25, -0.2) is 9.37 Å². The van der Waals surface area contributed by atoms with Crippen molar-refractivity contribution in [1.29, 1.82) is 0 Å². The van der Waals surface area contributed by atoms with E-state index in [1.807, 2.05) is 0 Å². The van der Waals surface area contributed by atoms with E-state index in [4.69, 9.17) is 4.65 Å². The number of nitrogens with one attached hydrogen (secondary N) is 1. The van der Waals surface area contributed by atoms with E-state index in [-0.39, 0.29) is 12.2 Å². The molecule has 0 fully saturated rings. The summed E-state index contributed by atoms with van der Waals surface area (Å²) in [5, 5.41) is 14.3. The van der Waals surface area contributed by atoms with Crippen LogP contribution in [0.4, 0.5) is 9.52 Å². The molecule has 0 saturated heterocycles. The van der Waals surface area contributed by atoms with Crippen LogP contribution in [0.3, 0.4) is 0 Å². The van der Waals surface area contributed by atoms with Crippen LogP contribution < -0.4 is 10.8 Å². The van der Waals surface area contributed by atoms with E-state index >= 15 is 0 Å². The van der Waals surface area contributed by atoms with Crippen molar-refractivity contribution in [1.82, 2.24) is 4.98 Å². The molecule has 0 saturated carbocycles. The molecule has 1 aliphatic heterocycles. The van der Waals surface area contributed by atoms with Crippen molar-refractivity contribution < 1.29 is 18.9 Å². The molecule has 20 heavy (non-hydrogen) atoms. The van der Waals surface area contributed by atoms with Gasteiger partial charge in [0.1, 0.15) is 5.82 Å². The second-order valence-electron chi connectivity index (χ2n) is 4.44. The SMILES string of the molecule is Cc1csc(NC(=O)c2cc3c(cc2F)COB3O)n1. The quantitative estimate of drug-likeness (QED) is 0.812. The number of benzene rings is 1. The number of hydrogen-bond acceptors (Lipinski definition) is 5. The number of carbonyl (C=O) groups is 1. The number of halogens is 1. The summed E-state index contributed by atoms with van der Waals surface area (Å²) in [5.74, 6) is -1.24. The molecule has 1 aromatic heterocycles. The molecule has 0 bridgehead atoms. The Kier molecular flexibility index (Phi) is 3.29. The topological polar surface area (TPSA) is 71.5 Å². The number of anilines is 1. The Morgan fingerprint density at radius 2 is 2.40 bits per heavy atom. The van der Waals surface area contributed by atoms with Crippen molar-refractivity contribution in [3.05, 3.63) is 40.2 Å². The van der Waals surface area contributed by atoms with Gasteiger partial charge in [-0.1, -0.05) is 0 Å². The van der Waals surface area contributed by atoms with Gasteiger partial charge in [-0.3, -0.25) is 10.1 Å². The van der Waals surface area contributed by atoms with Gasteiger partial charge < -0.3 is 9.68 Å². The Hall–Kier alpha value is -1.77. The molecule has 1 amide bonds. The number of rotatable bonds is 2. The first-order valence-corrected chi connectivity index (χ1v) is 6.78. The Morgan fingerprint density at radius 3 is 3.10 bits per heavy atom. The summed E-state index contributed by atoms with van der Waals surface area (Å²) < 4.78 is 18.9. The summed E-state index contributed by atoms with van der Waals surface area (Å²) in [4.78, 5) is 16.1. The third kappa shape index (κ3) is 2.33. The van der Waals surface area contributed by atoms with Crippen molar-refractivity contribution in [2.45, 2.75) is 13.5 Å². The average molecular weight is 292 g/mol. The minimum Gasteiger partial charge on any atom is -0.423 e. The zero-order chi connectivity index (χ0) is 14.3. The van der Waals surface area contributed by atoms with Crippen LogP contribution >= 0.6 is 11.3 Å². The number of carbonyl (C=O) groups excluding carboxylic acids is 1. The fraction of sp³-hybridized carbons (Fsp3) is 0.167. The van der Waals surface area contributed by atoms with Gasteiger partial charge in [0.25, 0.3) is 5.91 Å². The number of nitrogens with zero attached hydrogens (tertiary/aromatic N) is 1. The molecule has 5 nitrogen and oxygen atoms in total. The van der Waals surface area contributed by atoms with Crippen LogP contribution in [0.25, 0.3) is 0 Å². The lowest BCUT2D eigenvalue weighted by atomic mass is 9.78. The molecule has 102 valence electrons. The molecule has 0 spiro atoms. The lowest BCUT2D eigenvalue weighted by molar-refractivity contribution is 0.102. The van der Waals surface area contributed by atoms with Crippen LogP contribution in [0.15, 0.2) is 17.5 Å². The smallest absolute Gasteiger partial charge is 0.423 e. The Balaban J connectivity index is 1.90. The molecule has 0 aliphatic carbocycles. The van der Waals surface area contributed by atoms with Crippen LogP contribution in [0.5, 0.6) is 0 Å². The van der Waals surface area contributed by atoms with Crippen molar-refractivity contribution >= 4 is 35.0 Å². The van der Waals surface area contributed by atoms with Gasteiger partial charge in [0.15, 0.2) is 5.13 Å². The van der Waals surface area contributed by atoms with E-state index in [0.717, 1.165) is 5.69 Å². The summed E-state index contributed by atoms with van der Waals surface area (Å²) in [7, 11) is -1.11. The fourth-order valence-corrected chi connectivity index (χ4v) is 2.68. The van der Waals surface area contributed by atoms with Crippen molar-refractivity contribution in [2.75, 3.05) is 5.32 Å². The molecule has 2 heterocycles. The first-order valence-electron chi connectivity index (χ1n) is 5.90. The summed E-state index contributed by atoms with van der Waals surface area (Å²) >= 11 is 1.26. The maximum atomic E-state index is 13.9. The summed E-state index contributed by atoms with van der Waals surface area (Å²) in [6.45, 7) is 1.94. The number of amides is 1. The standard InChI is InChI=1S/C12H10BFN2O3S/c1-6-5-20-12(15-6)16-11(17)8-3-9-7(2-10(8)14)4-19-13(9)18/h2-3,5,18H,4H2,1H3,(H,15,16,17). The Bertz CT molecular complexity index is 691. The fourth-order valence-electron chi connectivity index (χ4n) is 1.99. The Morgan fingerprint density at radius 1 is 1.60 bits per heavy atom. The summed E-state index contributed by atoms with van der Waals surface area (Å²) in [6.07, 6.45) is 0. The zero-order valence-corrected chi connectivity index (χ0v) is 11.3. The molecule has 0 unspecified atom stereocenters. The second kappa shape index (κ2) is 4.97. The highest BCUT2D eigenvalue weighted by Crippen LogP contribution is 2.19. The third-order valence-corrected chi connectivity index (χ3v) is 3.85. The number of fused-ring (bicyclic) bond motifs is 1. The number of thiazole rings is 1. The Labute approximate surface area is 118 Å². The summed E-state index contributed by atoms with van der Waals surface area (Å²) in [6, 6.07) is 2.53. The second-order valence-corrected chi connectivity index (χ2v) is 5.30. The maximum Gasteiger partial charge on any atom is 0.491 e. The van der Waals surface area contributed by atoms with Gasteiger partial charge in [0, 0.05) is 5.38 Å². The van der Waals surface area contributed by atoms with E-state index in [1.165, 1.54) is 23.5 Å². The highest BCUT2D eigenvalue weighted by Gasteiger charge is 2.30. The molecule has 3 rings (SSSR count). The van der Waals surface area contributed by atoms with Crippen LogP contribution in [0, 0.1) is 12.7 Å². The number of aryl methyl sites for hydroxylation is 1. The largest absolute Gasteiger partial charge is 0.491 e. The van der Waals surface area contributed by atoms with Crippen molar-refractivity contribution in [3.8, 4) is 0 Å². The molecule has 1 aromatic carbocycles. The highest BCUT2D eigenvalue weighted by molar-refractivity contribution is 7.13. The average Bonchev–Trinajstić information content (AvgIpc) is 2.95. The minimum absolute atomic E-state index is 0.138. The summed E-state index contributed by atoms with van der Waals surface area (Å²) in [5.41, 5.74) is 1.62. The van der Waals surface area contributed by atoms with E-state index in [2.05, 4.69) is 10.3 Å². The van der Waals surface area contributed by atoms with Gasteiger partial charge in [-0.05, 0) is 30.1 Å². The molecule has 2 N–H and O–H groups in total. The highest BCUT2D eigenvalue weighted by atomic mass is 32.1. The van der Waals surface area contributed by atoms with Crippen LogP contribution in [0.1, 0.15) is 21.6 Å². The first kappa shape index (κ1) is 13.2. The monoisotopic (exact) mass is 292 g/mol. The number of aromatic nitrogens is 1. The molecule has 0 radical (unpaired) electrons. The maximum absolute atomic E-state index is 13.9. The van der Waals surface area contributed by atoms with Crippen molar-refractivity contribution in [3.63, 3.8) is 0 Å². The van der Waals surface area contributed by atoms with Crippen LogP contribution in [0.2, 0.25) is 0 Å². The molecular formula is C12H10BFN2O3S. The minimum atomic E-state index is -1.11. The molecule has 1 aliphatic rings. The van der Waals surface area contributed by atoms with Gasteiger partial charge >= 0.3 is 7.12 Å². The molecular weight excluding hydrogens is 282 g/mol. The van der Waals surface area contributed by atoms with Crippen LogP contribution in [-0.4, -0.2) is 23.0 Å². The van der Waals surface area contributed by atoms with E-state index in [0.29, 0.717) is 16.2 Å².